The van der Waals surface area contributed by atoms with Crippen molar-refractivity contribution in [2.24, 2.45) is 0 Å². The van der Waals surface area contributed by atoms with Gasteiger partial charge in [0.2, 0.25) is 0 Å². The van der Waals surface area contributed by atoms with E-state index in [1.165, 1.54) is 0 Å². The number of aromatic nitrogens is 2. The molecule has 0 spiro atoms. The van der Waals surface area contributed by atoms with E-state index in [0.29, 0.717) is 17.4 Å². The Hall–Kier alpha value is -1.65. The van der Waals surface area contributed by atoms with E-state index < -0.39 is 0 Å². The fourth-order valence-corrected chi connectivity index (χ4v) is 1.81. The fourth-order valence-electron chi connectivity index (χ4n) is 1.68. The molecule has 2 rings (SSSR count). The van der Waals surface area contributed by atoms with Crippen LogP contribution in [0.5, 0.6) is 0 Å². The molecule has 0 unspecified atom stereocenters. The SMILES string of the molecule is CCc1cc(NCCO)nc(-c2ccc(Cl)cc2)n1. The molecule has 0 amide bonds. The highest BCUT2D eigenvalue weighted by Gasteiger charge is 2.06. The van der Waals surface area contributed by atoms with Gasteiger partial charge in [-0.2, -0.15) is 0 Å². The minimum absolute atomic E-state index is 0.0712. The van der Waals surface area contributed by atoms with Crippen molar-refractivity contribution in [3.8, 4) is 11.4 Å². The van der Waals surface area contributed by atoms with E-state index in [1.54, 1.807) is 0 Å². The van der Waals surface area contributed by atoms with Crippen molar-refractivity contribution in [3.63, 3.8) is 0 Å². The van der Waals surface area contributed by atoms with Crippen LogP contribution < -0.4 is 5.32 Å². The van der Waals surface area contributed by atoms with Gasteiger partial charge in [0.15, 0.2) is 5.82 Å². The van der Waals surface area contributed by atoms with Crippen LogP contribution in [0.4, 0.5) is 5.82 Å². The Morgan fingerprint density at radius 3 is 2.58 bits per heavy atom. The molecule has 1 aromatic heterocycles. The summed E-state index contributed by atoms with van der Waals surface area (Å²) < 4.78 is 0. The van der Waals surface area contributed by atoms with Crippen molar-refractivity contribution >= 4 is 17.4 Å². The summed E-state index contributed by atoms with van der Waals surface area (Å²) >= 11 is 5.88. The van der Waals surface area contributed by atoms with Crippen molar-refractivity contribution < 1.29 is 5.11 Å². The average molecular weight is 278 g/mol. The molecule has 0 radical (unpaired) electrons. The van der Waals surface area contributed by atoms with Gasteiger partial charge in [0.25, 0.3) is 0 Å². The lowest BCUT2D eigenvalue weighted by Gasteiger charge is -2.08. The van der Waals surface area contributed by atoms with E-state index in [-0.39, 0.29) is 6.61 Å². The summed E-state index contributed by atoms with van der Waals surface area (Å²) in [5.41, 5.74) is 1.88. The number of hydrogen-bond donors (Lipinski definition) is 2. The van der Waals surface area contributed by atoms with Gasteiger partial charge in [0, 0.05) is 28.9 Å². The number of hydrogen-bond acceptors (Lipinski definition) is 4. The van der Waals surface area contributed by atoms with Gasteiger partial charge in [-0.15, -0.1) is 0 Å². The summed E-state index contributed by atoms with van der Waals surface area (Å²) in [5, 5.41) is 12.6. The standard InChI is InChI=1S/C14H16ClN3O/c1-2-12-9-13(16-7-8-19)18-14(17-12)10-3-5-11(15)6-4-10/h3-6,9,19H,2,7-8H2,1H3,(H,16,17,18). The van der Waals surface area contributed by atoms with Crippen LogP contribution in [0.15, 0.2) is 30.3 Å². The van der Waals surface area contributed by atoms with E-state index in [4.69, 9.17) is 16.7 Å². The maximum atomic E-state index is 8.85. The van der Waals surface area contributed by atoms with Gasteiger partial charge in [-0.05, 0) is 30.7 Å². The van der Waals surface area contributed by atoms with Crippen molar-refractivity contribution in [3.05, 3.63) is 41.0 Å². The molecule has 1 heterocycles. The Balaban J connectivity index is 2.35. The molecule has 19 heavy (non-hydrogen) atoms. The number of rotatable bonds is 5. The lowest BCUT2D eigenvalue weighted by molar-refractivity contribution is 0.311. The van der Waals surface area contributed by atoms with Crippen LogP contribution in [0.2, 0.25) is 5.02 Å². The third-order valence-corrected chi connectivity index (χ3v) is 2.91. The molecule has 0 atom stereocenters. The van der Waals surface area contributed by atoms with Crippen molar-refractivity contribution in [2.45, 2.75) is 13.3 Å². The second-order valence-corrected chi connectivity index (χ2v) is 4.52. The fraction of sp³-hybridized carbons (Fsp3) is 0.286. The molecule has 5 heteroatoms. The van der Waals surface area contributed by atoms with Crippen LogP contribution in [0.1, 0.15) is 12.6 Å². The van der Waals surface area contributed by atoms with Gasteiger partial charge in [0.05, 0.1) is 6.61 Å². The number of halogens is 1. The van der Waals surface area contributed by atoms with Gasteiger partial charge in [-0.1, -0.05) is 18.5 Å². The van der Waals surface area contributed by atoms with Crippen LogP contribution in [0.3, 0.4) is 0 Å². The number of anilines is 1. The summed E-state index contributed by atoms with van der Waals surface area (Å²) in [6.45, 7) is 2.59. The van der Waals surface area contributed by atoms with Gasteiger partial charge in [0.1, 0.15) is 5.82 Å². The van der Waals surface area contributed by atoms with Gasteiger partial charge in [-0.25, -0.2) is 9.97 Å². The van der Waals surface area contributed by atoms with E-state index in [2.05, 4.69) is 15.3 Å². The molecule has 0 saturated carbocycles. The third-order valence-electron chi connectivity index (χ3n) is 2.66. The monoisotopic (exact) mass is 277 g/mol. The Kier molecular flexibility index (Phi) is 4.71. The molecule has 2 aromatic rings. The molecule has 0 fully saturated rings. The molecule has 2 N–H and O–H groups in total. The minimum Gasteiger partial charge on any atom is -0.395 e. The predicted octanol–water partition coefficient (Wildman–Crippen LogP) is 2.76. The summed E-state index contributed by atoms with van der Waals surface area (Å²) in [5.74, 6) is 1.39. The predicted molar refractivity (Wildman–Crippen MR) is 77.4 cm³/mol. The highest BCUT2D eigenvalue weighted by molar-refractivity contribution is 6.30. The number of aliphatic hydroxyl groups is 1. The first kappa shape index (κ1) is 13.8. The summed E-state index contributed by atoms with van der Waals surface area (Å²) in [6, 6.07) is 9.33. The van der Waals surface area contributed by atoms with E-state index in [9.17, 15) is 0 Å². The van der Waals surface area contributed by atoms with Crippen LogP contribution in [-0.2, 0) is 6.42 Å². The lowest BCUT2D eigenvalue weighted by Crippen LogP contribution is -2.08. The summed E-state index contributed by atoms with van der Waals surface area (Å²) in [4.78, 5) is 8.95. The molecular weight excluding hydrogens is 262 g/mol. The quantitative estimate of drug-likeness (QED) is 0.882. The number of nitrogens with one attached hydrogen (secondary N) is 1. The van der Waals surface area contributed by atoms with Crippen molar-refractivity contribution in [1.82, 2.24) is 9.97 Å². The second-order valence-electron chi connectivity index (χ2n) is 4.08. The number of nitrogens with zero attached hydrogens (tertiary/aromatic N) is 2. The van der Waals surface area contributed by atoms with Crippen LogP contribution >= 0.6 is 11.6 Å². The topological polar surface area (TPSA) is 58.0 Å². The summed E-state index contributed by atoms with van der Waals surface area (Å²) in [7, 11) is 0. The number of aliphatic hydroxyl groups excluding tert-OH is 1. The highest BCUT2D eigenvalue weighted by Crippen LogP contribution is 2.20. The zero-order valence-corrected chi connectivity index (χ0v) is 11.5. The van der Waals surface area contributed by atoms with Crippen LogP contribution in [0, 0.1) is 0 Å². The maximum absolute atomic E-state index is 8.85. The Bertz CT molecular complexity index is 543. The van der Waals surface area contributed by atoms with E-state index >= 15 is 0 Å². The first-order valence-corrected chi connectivity index (χ1v) is 6.59. The maximum Gasteiger partial charge on any atom is 0.161 e. The number of benzene rings is 1. The van der Waals surface area contributed by atoms with Crippen molar-refractivity contribution in [1.29, 1.82) is 0 Å². The first-order valence-electron chi connectivity index (χ1n) is 6.21. The zero-order valence-electron chi connectivity index (χ0n) is 10.7. The molecule has 0 saturated heterocycles. The Morgan fingerprint density at radius 2 is 1.95 bits per heavy atom. The average Bonchev–Trinajstić information content (AvgIpc) is 2.45. The van der Waals surface area contributed by atoms with Crippen LogP contribution in [-0.4, -0.2) is 28.2 Å². The lowest BCUT2D eigenvalue weighted by atomic mass is 10.2. The molecule has 0 aliphatic carbocycles. The molecule has 0 aliphatic rings. The summed E-state index contributed by atoms with van der Waals surface area (Å²) in [6.07, 6.45) is 0.830. The molecule has 1 aromatic carbocycles. The largest absolute Gasteiger partial charge is 0.395 e. The van der Waals surface area contributed by atoms with Crippen LogP contribution in [0.25, 0.3) is 11.4 Å². The second kappa shape index (κ2) is 6.50. The Morgan fingerprint density at radius 1 is 1.21 bits per heavy atom. The minimum atomic E-state index is 0.0712. The first-order chi connectivity index (χ1) is 9.22. The smallest absolute Gasteiger partial charge is 0.161 e. The third kappa shape index (κ3) is 3.66. The molecule has 4 nitrogen and oxygen atoms in total. The number of aryl methyl sites for hydroxylation is 1. The van der Waals surface area contributed by atoms with Gasteiger partial charge < -0.3 is 10.4 Å². The normalized spacial score (nSPS) is 10.5. The van der Waals surface area contributed by atoms with Gasteiger partial charge >= 0.3 is 0 Å². The van der Waals surface area contributed by atoms with E-state index in [0.717, 1.165) is 23.5 Å². The molecule has 100 valence electrons. The van der Waals surface area contributed by atoms with Gasteiger partial charge in [-0.3, -0.25) is 0 Å². The molecule has 0 aliphatic heterocycles. The van der Waals surface area contributed by atoms with E-state index in [1.807, 2.05) is 37.3 Å². The molecular formula is C14H16ClN3O. The zero-order chi connectivity index (χ0) is 13.7. The van der Waals surface area contributed by atoms with Crippen molar-refractivity contribution in [2.75, 3.05) is 18.5 Å². The Labute approximate surface area is 117 Å². The molecule has 0 bridgehead atoms. The highest BCUT2D eigenvalue weighted by atomic mass is 35.5.